The van der Waals surface area contributed by atoms with Crippen molar-refractivity contribution in [2.45, 2.75) is 19.4 Å². The molecule has 0 radical (unpaired) electrons. The molecule has 1 unspecified atom stereocenters. The van der Waals surface area contributed by atoms with Crippen molar-refractivity contribution in [1.82, 2.24) is 4.90 Å². The molecule has 1 rings (SSSR count). The fourth-order valence-electron chi connectivity index (χ4n) is 1.19. The maximum Gasteiger partial charge on any atom is 0.246 e. The summed E-state index contributed by atoms with van der Waals surface area (Å²) in [5.41, 5.74) is 0. The molecule has 1 aromatic heterocycles. The number of thiophene rings is 1. The highest BCUT2D eigenvalue weighted by atomic mass is 35.5. The smallest absolute Gasteiger partial charge is 0.246 e. The number of likely N-dealkylation sites (N-methyl/N-ethyl adjacent to an activating group) is 1. The van der Waals surface area contributed by atoms with E-state index in [1.807, 2.05) is 6.07 Å². The first kappa shape index (κ1) is 14.2. The molecular formula is C12H16ClNO2S. The highest BCUT2D eigenvalue weighted by molar-refractivity contribution is 7.17. The second-order valence-corrected chi connectivity index (χ2v) is 5.62. The molecule has 1 atom stereocenters. The Morgan fingerprint density at radius 2 is 2.35 bits per heavy atom. The number of aliphatic hydroxyl groups is 1. The summed E-state index contributed by atoms with van der Waals surface area (Å²) in [5, 5.41) is 9.12. The molecule has 0 saturated heterocycles. The molecule has 0 spiro atoms. The summed E-state index contributed by atoms with van der Waals surface area (Å²) in [4.78, 5) is 14.2. The first-order valence-electron chi connectivity index (χ1n) is 5.35. The molecule has 17 heavy (non-hydrogen) atoms. The number of hydrogen-bond donors (Lipinski definition) is 1. The van der Waals surface area contributed by atoms with Gasteiger partial charge in [-0.1, -0.05) is 11.6 Å². The molecule has 0 aliphatic carbocycles. The van der Waals surface area contributed by atoms with E-state index < -0.39 is 0 Å². The summed E-state index contributed by atoms with van der Waals surface area (Å²) in [5.74, 6) is -0.0739. The molecule has 0 saturated carbocycles. The largest absolute Gasteiger partial charge is 0.393 e. The van der Waals surface area contributed by atoms with Crippen molar-refractivity contribution >= 4 is 34.9 Å². The molecule has 1 aromatic rings. The average molecular weight is 274 g/mol. The van der Waals surface area contributed by atoms with Crippen molar-refractivity contribution in [3.63, 3.8) is 0 Å². The zero-order valence-electron chi connectivity index (χ0n) is 9.89. The van der Waals surface area contributed by atoms with Crippen LogP contribution in [0.3, 0.4) is 0 Å². The third-order valence-electron chi connectivity index (χ3n) is 2.24. The van der Waals surface area contributed by atoms with E-state index in [4.69, 9.17) is 16.7 Å². The topological polar surface area (TPSA) is 40.5 Å². The maximum absolute atomic E-state index is 11.7. The van der Waals surface area contributed by atoms with Gasteiger partial charge in [0.1, 0.15) is 0 Å². The number of halogens is 1. The standard InChI is InChI=1S/C12H16ClNO2S/c1-9(15)7-8-14(2)12(16)6-4-10-3-5-11(13)17-10/h3-6,9,15H,7-8H2,1-2H3/b6-4+. The predicted octanol–water partition coefficient (Wildman–Crippen LogP) is 2.64. The molecule has 0 aromatic carbocycles. The van der Waals surface area contributed by atoms with E-state index in [1.165, 1.54) is 17.4 Å². The highest BCUT2D eigenvalue weighted by Crippen LogP contribution is 2.22. The zero-order chi connectivity index (χ0) is 12.8. The number of carbonyl (C=O) groups excluding carboxylic acids is 1. The molecule has 1 heterocycles. The van der Waals surface area contributed by atoms with Crippen LogP contribution in [-0.2, 0) is 4.79 Å². The van der Waals surface area contributed by atoms with Gasteiger partial charge in [0.2, 0.25) is 5.91 Å². The van der Waals surface area contributed by atoms with Crippen LogP contribution in [0.5, 0.6) is 0 Å². The summed E-state index contributed by atoms with van der Waals surface area (Å²) >= 11 is 7.21. The second kappa shape index (κ2) is 6.79. The second-order valence-electron chi connectivity index (χ2n) is 3.87. The van der Waals surface area contributed by atoms with E-state index in [0.29, 0.717) is 17.3 Å². The van der Waals surface area contributed by atoms with Crippen molar-refractivity contribution in [1.29, 1.82) is 0 Å². The van der Waals surface area contributed by atoms with Gasteiger partial charge in [0, 0.05) is 24.5 Å². The summed E-state index contributed by atoms with van der Waals surface area (Å²) in [6.45, 7) is 2.26. The molecule has 0 bridgehead atoms. The number of rotatable bonds is 5. The lowest BCUT2D eigenvalue weighted by Gasteiger charge is -2.15. The number of aliphatic hydroxyl groups excluding tert-OH is 1. The molecule has 0 fully saturated rings. The number of hydrogen-bond acceptors (Lipinski definition) is 3. The monoisotopic (exact) mass is 273 g/mol. The molecule has 1 N–H and O–H groups in total. The van der Waals surface area contributed by atoms with Crippen molar-refractivity contribution in [3.05, 3.63) is 27.4 Å². The zero-order valence-corrected chi connectivity index (χ0v) is 11.5. The SMILES string of the molecule is CC(O)CCN(C)C(=O)/C=C/c1ccc(Cl)s1. The Bertz CT molecular complexity index is 401. The van der Waals surface area contributed by atoms with Gasteiger partial charge in [-0.05, 0) is 31.6 Å². The van der Waals surface area contributed by atoms with Gasteiger partial charge in [0.15, 0.2) is 0 Å². The molecule has 3 nitrogen and oxygen atoms in total. The van der Waals surface area contributed by atoms with Gasteiger partial charge in [-0.25, -0.2) is 0 Å². The van der Waals surface area contributed by atoms with Crippen LogP contribution in [0.2, 0.25) is 4.34 Å². The Labute approximate surface area is 110 Å². The van der Waals surface area contributed by atoms with Gasteiger partial charge >= 0.3 is 0 Å². The van der Waals surface area contributed by atoms with E-state index >= 15 is 0 Å². The van der Waals surface area contributed by atoms with Gasteiger partial charge in [-0.2, -0.15) is 0 Å². The Morgan fingerprint density at radius 3 is 2.88 bits per heavy atom. The lowest BCUT2D eigenvalue weighted by molar-refractivity contribution is -0.124. The van der Waals surface area contributed by atoms with E-state index in [0.717, 1.165) is 4.88 Å². The van der Waals surface area contributed by atoms with Gasteiger partial charge in [-0.3, -0.25) is 4.79 Å². The van der Waals surface area contributed by atoms with Gasteiger partial charge < -0.3 is 10.0 Å². The molecule has 0 aliphatic rings. The van der Waals surface area contributed by atoms with Gasteiger partial charge in [0.25, 0.3) is 0 Å². The lowest BCUT2D eigenvalue weighted by atomic mass is 10.2. The maximum atomic E-state index is 11.7. The summed E-state index contributed by atoms with van der Waals surface area (Å²) < 4.78 is 0.708. The third-order valence-corrected chi connectivity index (χ3v) is 3.44. The summed E-state index contributed by atoms with van der Waals surface area (Å²) in [7, 11) is 1.72. The fraction of sp³-hybridized carbons (Fsp3) is 0.417. The first-order chi connectivity index (χ1) is 7.99. The first-order valence-corrected chi connectivity index (χ1v) is 6.55. The van der Waals surface area contributed by atoms with Crippen LogP contribution in [0.4, 0.5) is 0 Å². The Balaban J connectivity index is 2.45. The minimum absolute atomic E-state index is 0.0739. The van der Waals surface area contributed by atoms with Crippen LogP contribution in [0, 0.1) is 0 Å². The van der Waals surface area contributed by atoms with Crippen LogP contribution in [-0.4, -0.2) is 35.6 Å². The van der Waals surface area contributed by atoms with E-state index in [-0.39, 0.29) is 12.0 Å². The van der Waals surface area contributed by atoms with Crippen molar-refractivity contribution in [2.24, 2.45) is 0 Å². The molecule has 5 heteroatoms. The van der Waals surface area contributed by atoms with Crippen molar-refractivity contribution < 1.29 is 9.90 Å². The van der Waals surface area contributed by atoms with E-state index in [1.54, 1.807) is 31.0 Å². The summed E-state index contributed by atoms with van der Waals surface area (Å²) in [6, 6.07) is 3.67. The van der Waals surface area contributed by atoms with Crippen LogP contribution in [0.15, 0.2) is 18.2 Å². The normalized spacial score (nSPS) is 12.9. The van der Waals surface area contributed by atoms with Crippen molar-refractivity contribution in [3.8, 4) is 0 Å². The third kappa shape index (κ3) is 5.35. The molecule has 1 amide bonds. The molecule has 94 valence electrons. The highest BCUT2D eigenvalue weighted by Gasteiger charge is 2.06. The number of carbonyl (C=O) groups is 1. The van der Waals surface area contributed by atoms with Gasteiger partial charge in [0.05, 0.1) is 10.4 Å². The van der Waals surface area contributed by atoms with E-state index in [2.05, 4.69) is 0 Å². The van der Waals surface area contributed by atoms with E-state index in [9.17, 15) is 4.79 Å². The Hall–Kier alpha value is -0.840. The predicted molar refractivity (Wildman–Crippen MR) is 72.3 cm³/mol. The Morgan fingerprint density at radius 1 is 1.65 bits per heavy atom. The van der Waals surface area contributed by atoms with Crippen LogP contribution in [0.1, 0.15) is 18.2 Å². The van der Waals surface area contributed by atoms with Crippen molar-refractivity contribution in [2.75, 3.05) is 13.6 Å². The number of amides is 1. The molecule has 0 aliphatic heterocycles. The minimum Gasteiger partial charge on any atom is -0.393 e. The van der Waals surface area contributed by atoms with Crippen LogP contribution in [0.25, 0.3) is 6.08 Å². The average Bonchev–Trinajstić information content (AvgIpc) is 2.68. The quantitative estimate of drug-likeness (QED) is 0.838. The van der Waals surface area contributed by atoms with Crippen LogP contribution >= 0.6 is 22.9 Å². The lowest BCUT2D eigenvalue weighted by Crippen LogP contribution is -2.27. The molecular weight excluding hydrogens is 258 g/mol. The Kier molecular flexibility index (Phi) is 5.68. The van der Waals surface area contributed by atoms with Gasteiger partial charge in [-0.15, -0.1) is 11.3 Å². The summed E-state index contributed by atoms with van der Waals surface area (Å²) in [6.07, 6.45) is 3.47. The fourth-order valence-corrected chi connectivity index (χ4v) is 2.15. The number of nitrogens with zero attached hydrogens (tertiary/aromatic N) is 1. The van der Waals surface area contributed by atoms with Crippen LogP contribution < -0.4 is 0 Å². The minimum atomic E-state index is -0.384.